The Morgan fingerprint density at radius 3 is 3.00 bits per heavy atom. The molecule has 0 aromatic carbocycles. The maximum atomic E-state index is 11.8. The monoisotopic (exact) mass is 235 g/mol. The number of morpholine rings is 1. The van der Waals surface area contributed by atoms with Gasteiger partial charge in [0, 0.05) is 32.0 Å². The van der Waals surface area contributed by atoms with E-state index in [1.165, 1.54) is 0 Å². The van der Waals surface area contributed by atoms with Gasteiger partial charge < -0.3 is 15.0 Å². The Balaban J connectivity index is 1.69. The van der Waals surface area contributed by atoms with Gasteiger partial charge in [0.1, 0.15) is 0 Å². The lowest BCUT2D eigenvalue weighted by atomic mass is 10.3. The summed E-state index contributed by atoms with van der Waals surface area (Å²) < 4.78 is 5.20. The van der Waals surface area contributed by atoms with Gasteiger partial charge in [-0.15, -0.1) is 0 Å². The zero-order chi connectivity index (χ0) is 11.9. The molecule has 0 spiro atoms. The van der Waals surface area contributed by atoms with Crippen molar-refractivity contribution in [1.29, 1.82) is 0 Å². The summed E-state index contributed by atoms with van der Waals surface area (Å²) in [5, 5.41) is 3.13. The normalized spacial score (nSPS) is 15.9. The highest BCUT2D eigenvalue weighted by Gasteiger charge is 2.15. The van der Waals surface area contributed by atoms with Crippen molar-refractivity contribution in [3.8, 4) is 0 Å². The topological polar surface area (TPSA) is 54.5 Å². The number of rotatable bonds is 4. The first kappa shape index (κ1) is 12.0. The van der Waals surface area contributed by atoms with Crippen LogP contribution in [-0.4, -0.2) is 48.6 Å². The van der Waals surface area contributed by atoms with Gasteiger partial charge in [0.2, 0.25) is 5.91 Å². The minimum absolute atomic E-state index is 0.136. The molecule has 0 saturated carbocycles. The third kappa shape index (κ3) is 3.80. The third-order valence-corrected chi connectivity index (χ3v) is 2.69. The Kier molecular flexibility index (Phi) is 4.46. The number of carbonyl (C=O) groups is 1. The molecule has 1 saturated heterocycles. The number of aromatic nitrogens is 1. The molecule has 2 rings (SSSR count). The van der Waals surface area contributed by atoms with Crippen molar-refractivity contribution in [2.45, 2.75) is 6.54 Å². The van der Waals surface area contributed by atoms with Gasteiger partial charge in [0.05, 0.1) is 19.8 Å². The van der Waals surface area contributed by atoms with Crippen molar-refractivity contribution in [1.82, 2.24) is 15.2 Å². The minimum atomic E-state index is 0.136. The van der Waals surface area contributed by atoms with Crippen molar-refractivity contribution in [2.75, 3.05) is 32.8 Å². The Labute approximate surface area is 101 Å². The third-order valence-electron chi connectivity index (χ3n) is 2.69. The van der Waals surface area contributed by atoms with Crippen LogP contribution in [0.25, 0.3) is 0 Å². The smallest absolute Gasteiger partial charge is 0.236 e. The molecule has 0 aliphatic carbocycles. The minimum Gasteiger partial charge on any atom is -0.378 e. The van der Waals surface area contributed by atoms with Gasteiger partial charge in [-0.3, -0.25) is 9.78 Å². The predicted molar refractivity (Wildman–Crippen MR) is 63.3 cm³/mol. The fourth-order valence-electron chi connectivity index (χ4n) is 1.74. The molecule has 1 amide bonds. The van der Waals surface area contributed by atoms with E-state index in [4.69, 9.17) is 4.74 Å². The first-order valence-corrected chi connectivity index (χ1v) is 5.81. The average Bonchev–Trinajstić information content (AvgIpc) is 2.41. The molecule has 0 radical (unpaired) electrons. The number of nitrogens with zero attached hydrogens (tertiary/aromatic N) is 2. The molecule has 1 fully saturated rings. The molecule has 2 heterocycles. The number of amides is 1. The van der Waals surface area contributed by atoms with Crippen LogP contribution in [0.4, 0.5) is 0 Å². The summed E-state index contributed by atoms with van der Waals surface area (Å²) in [5.41, 5.74) is 1.09. The van der Waals surface area contributed by atoms with E-state index in [2.05, 4.69) is 10.3 Å². The van der Waals surface area contributed by atoms with Crippen molar-refractivity contribution in [3.63, 3.8) is 0 Å². The second-order valence-corrected chi connectivity index (χ2v) is 3.96. The lowest BCUT2D eigenvalue weighted by Gasteiger charge is -2.26. The van der Waals surface area contributed by atoms with Crippen LogP contribution in [0.5, 0.6) is 0 Å². The van der Waals surface area contributed by atoms with E-state index >= 15 is 0 Å². The van der Waals surface area contributed by atoms with Gasteiger partial charge >= 0.3 is 0 Å². The van der Waals surface area contributed by atoms with Gasteiger partial charge in [-0.2, -0.15) is 0 Å². The molecule has 17 heavy (non-hydrogen) atoms. The van der Waals surface area contributed by atoms with E-state index in [1.54, 1.807) is 12.4 Å². The number of pyridine rings is 1. The molecule has 1 aromatic rings. The summed E-state index contributed by atoms with van der Waals surface area (Å²) in [6, 6.07) is 3.88. The highest BCUT2D eigenvalue weighted by atomic mass is 16.5. The Hall–Kier alpha value is -1.46. The van der Waals surface area contributed by atoms with Crippen LogP contribution in [0.3, 0.4) is 0 Å². The molecule has 5 nitrogen and oxygen atoms in total. The van der Waals surface area contributed by atoms with Crippen molar-refractivity contribution >= 4 is 5.91 Å². The first-order valence-electron chi connectivity index (χ1n) is 5.81. The fourth-order valence-corrected chi connectivity index (χ4v) is 1.74. The number of nitrogens with one attached hydrogen (secondary N) is 1. The van der Waals surface area contributed by atoms with E-state index < -0.39 is 0 Å². The molecule has 1 aliphatic heterocycles. The maximum absolute atomic E-state index is 11.8. The van der Waals surface area contributed by atoms with E-state index in [1.807, 2.05) is 17.0 Å². The van der Waals surface area contributed by atoms with Gasteiger partial charge in [-0.25, -0.2) is 0 Å². The molecule has 0 bridgehead atoms. The van der Waals surface area contributed by atoms with E-state index in [0.717, 1.165) is 5.56 Å². The number of hydrogen-bond acceptors (Lipinski definition) is 4. The number of hydrogen-bond donors (Lipinski definition) is 1. The second kappa shape index (κ2) is 6.32. The summed E-state index contributed by atoms with van der Waals surface area (Å²) in [6.45, 7) is 3.74. The molecule has 0 unspecified atom stereocenters. The Morgan fingerprint density at radius 1 is 1.47 bits per heavy atom. The molecule has 0 atom stereocenters. The van der Waals surface area contributed by atoms with Crippen LogP contribution < -0.4 is 5.32 Å². The molecule has 1 N–H and O–H groups in total. The molecular formula is C12H17N3O2. The quantitative estimate of drug-likeness (QED) is 0.800. The highest BCUT2D eigenvalue weighted by Crippen LogP contribution is 1.98. The zero-order valence-electron chi connectivity index (χ0n) is 9.76. The SMILES string of the molecule is O=C(CNCc1cccnc1)N1CCOCC1. The van der Waals surface area contributed by atoms with Gasteiger partial charge in [-0.05, 0) is 11.6 Å². The van der Waals surface area contributed by atoms with Gasteiger partial charge in [-0.1, -0.05) is 6.07 Å². The van der Waals surface area contributed by atoms with Crippen LogP contribution >= 0.6 is 0 Å². The van der Waals surface area contributed by atoms with Crippen LogP contribution in [0.1, 0.15) is 5.56 Å². The van der Waals surface area contributed by atoms with Crippen molar-refractivity contribution in [3.05, 3.63) is 30.1 Å². The lowest BCUT2D eigenvalue weighted by Crippen LogP contribution is -2.44. The standard InChI is InChI=1S/C12H17N3O2/c16-12(15-4-6-17-7-5-15)10-14-9-11-2-1-3-13-8-11/h1-3,8,14H,4-7,9-10H2. The zero-order valence-corrected chi connectivity index (χ0v) is 9.76. The summed E-state index contributed by atoms with van der Waals surface area (Å²) in [7, 11) is 0. The highest BCUT2D eigenvalue weighted by molar-refractivity contribution is 5.78. The van der Waals surface area contributed by atoms with Gasteiger partial charge in [0.15, 0.2) is 0 Å². The molecule has 5 heteroatoms. The average molecular weight is 235 g/mol. The fraction of sp³-hybridized carbons (Fsp3) is 0.500. The largest absolute Gasteiger partial charge is 0.378 e. The number of ether oxygens (including phenoxy) is 1. The van der Waals surface area contributed by atoms with Crippen molar-refractivity contribution in [2.24, 2.45) is 0 Å². The van der Waals surface area contributed by atoms with Gasteiger partial charge in [0.25, 0.3) is 0 Å². The van der Waals surface area contributed by atoms with Crippen LogP contribution in [-0.2, 0) is 16.1 Å². The van der Waals surface area contributed by atoms with Crippen molar-refractivity contribution < 1.29 is 9.53 Å². The molecule has 1 aliphatic rings. The second-order valence-electron chi connectivity index (χ2n) is 3.96. The van der Waals surface area contributed by atoms with E-state index in [0.29, 0.717) is 39.4 Å². The molecular weight excluding hydrogens is 218 g/mol. The Bertz CT molecular complexity index is 350. The summed E-state index contributed by atoms with van der Waals surface area (Å²) >= 11 is 0. The number of carbonyl (C=O) groups excluding carboxylic acids is 1. The summed E-state index contributed by atoms with van der Waals surface area (Å²) in [5.74, 6) is 0.136. The van der Waals surface area contributed by atoms with E-state index in [-0.39, 0.29) is 5.91 Å². The lowest BCUT2D eigenvalue weighted by molar-refractivity contribution is -0.134. The predicted octanol–water partition coefficient (Wildman–Crippen LogP) is 0.0300. The van der Waals surface area contributed by atoms with Crippen LogP contribution in [0, 0.1) is 0 Å². The molecule has 1 aromatic heterocycles. The summed E-state index contributed by atoms with van der Waals surface area (Å²) in [6.07, 6.45) is 3.54. The first-order chi connectivity index (χ1) is 8.36. The van der Waals surface area contributed by atoms with Crippen LogP contribution in [0.2, 0.25) is 0 Å². The molecule has 92 valence electrons. The van der Waals surface area contributed by atoms with Crippen LogP contribution in [0.15, 0.2) is 24.5 Å². The Morgan fingerprint density at radius 2 is 2.29 bits per heavy atom. The van der Waals surface area contributed by atoms with E-state index in [9.17, 15) is 4.79 Å². The summed E-state index contributed by atoms with van der Waals surface area (Å²) in [4.78, 5) is 17.6. The maximum Gasteiger partial charge on any atom is 0.236 e.